The molecule has 4 unspecified atom stereocenters. The second-order valence-electron chi connectivity index (χ2n) is 7.70. The fourth-order valence-corrected chi connectivity index (χ4v) is 4.98. The van der Waals surface area contributed by atoms with E-state index in [1.807, 2.05) is 12.1 Å². The van der Waals surface area contributed by atoms with Gasteiger partial charge in [-0.25, -0.2) is 4.98 Å². The highest BCUT2D eigenvalue weighted by atomic mass is 16.1. The number of anilines is 1. The lowest BCUT2D eigenvalue weighted by Gasteiger charge is -2.28. The van der Waals surface area contributed by atoms with Gasteiger partial charge >= 0.3 is 0 Å². The molecule has 1 aliphatic heterocycles. The number of hydrogen-bond donors (Lipinski definition) is 1. The van der Waals surface area contributed by atoms with Crippen LogP contribution in [0.3, 0.4) is 0 Å². The van der Waals surface area contributed by atoms with Crippen LogP contribution in [-0.2, 0) is 0 Å². The van der Waals surface area contributed by atoms with Crippen molar-refractivity contribution in [3.8, 4) is 0 Å². The highest BCUT2D eigenvalue weighted by molar-refractivity contribution is 5.95. The van der Waals surface area contributed by atoms with Gasteiger partial charge in [-0.05, 0) is 68.9 Å². The van der Waals surface area contributed by atoms with E-state index in [2.05, 4.69) is 22.1 Å². The van der Waals surface area contributed by atoms with Gasteiger partial charge in [-0.1, -0.05) is 6.42 Å². The number of aromatic nitrogens is 1. The van der Waals surface area contributed by atoms with Crippen molar-refractivity contribution in [1.82, 2.24) is 10.3 Å². The second kappa shape index (κ2) is 6.14. The van der Waals surface area contributed by atoms with E-state index in [1.165, 1.54) is 38.5 Å². The van der Waals surface area contributed by atoms with Crippen LogP contribution in [0.15, 0.2) is 18.3 Å². The average Bonchev–Trinajstić information content (AvgIpc) is 3.32. The molecule has 3 aliphatic rings. The number of pyridine rings is 1. The van der Waals surface area contributed by atoms with Crippen LogP contribution in [0.1, 0.15) is 55.8 Å². The maximum atomic E-state index is 12.6. The summed E-state index contributed by atoms with van der Waals surface area (Å²) in [7, 11) is 0. The number of rotatable bonds is 4. The summed E-state index contributed by atoms with van der Waals surface area (Å²) in [6.07, 6.45) is 9.68. The Hall–Kier alpha value is -1.58. The first kappa shape index (κ1) is 15.0. The Bertz CT molecular complexity index is 582. The third-order valence-corrected chi connectivity index (χ3v) is 6.23. The molecule has 4 atom stereocenters. The average molecular weight is 313 g/mol. The highest BCUT2D eigenvalue weighted by Gasteiger charge is 2.42. The third kappa shape index (κ3) is 2.96. The topological polar surface area (TPSA) is 45.2 Å². The molecule has 0 radical (unpaired) electrons. The van der Waals surface area contributed by atoms with Crippen molar-refractivity contribution in [3.63, 3.8) is 0 Å². The SMILES string of the molecule is CC(NC(=O)c1ccnc(N2CCCC2)c1)C1CC2CCC1C2. The largest absolute Gasteiger partial charge is 0.357 e. The minimum absolute atomic E-state index is 0.0584. The van der Waals surface area contributed by atoms with E-state index in [1.54, 1.807) is 6.20 Å². The Kier molecular flexibility index (Phi) is 4.00. The normalized spacial score (nSPS) is 30.7. The second-order valence-corrected chi connectivity index (χ2v) is 7.70. The van der Waals surface area contributed by atoms with Crippen molar-refractivity contribution in [2.24, 2.45) is 17.8 Å². The predicted octanol–water partition coefficient (Wildman–Crippen LogP) is 3.24. The molecule has 1 saturated heterocycles. The summed E-state index contributed by atoms with van der Waals surface area (Å²) in [6.45, 7) is 4.30. The molecular weight excluding hydrogens is 286 g/mol. The van der Waals surface area contributed by atoms with E-state index in [0.717, 1.165) is 36.3 Å². The number of hydrogen-bond acceptors (Lipinski definition) is 3. The van der Waals surface area contributed by atoms with Crippen molar-refractivity contribution >= 4 is 11.7 Å². The molecule has 2 bridgehead atoms. The molecule has 23 heavy (non-hydrogen) atoms. The fourth-order valence-electron chi connectivity index (χ4n) is 4.98. The molecule has 0 spiro atoms. The van der Waals surface area contributed by atoms with Gasteiger partial charge in [0, 0.05) is 30.9 Å². The van der Waals surface area contributed by atoms with E-state index in [0.29, 0.717) is 5.92 Å². The lowest BCUT2D eigenvalue weighted by molar-refractivity contribution is 0.0915. The van der Waals surface area contributed by atoms with Gasteiger partial charge in [0.05, 0.1) is 0 Å². The molecule has 2 aliphatic carbocycles. The molecule has 4 nitrogen and oxygen atoms in total. The number of fused-ring (bicyclic) bond motifs is 2. The highest BCUT2D eigenvalue weighted by Crippen LogP contribution is 2.49. The van der Waals surface area contributed by atoms with E-state index >= 15 is 0 Å². The molecule has 2 saturated carbocycles. The van der Waals surface area contributed by atoms with Gasteiger partial charge in [0.15, 0.2) is 0 Å². The van der Waals surface area contributed by atoms with Gasteiger partial charge in [-0.2, -0.15) is 0 Å². The molecule has 1 amide bonds. The van der Waals surface area contributed by atoms with Crippen molar-refractivity contribution in [2.45, 2.75) is 51.5 Å². The molecule has 124 valence electrons. The lowest BCUT2D eigenvalue weighted by Crippen LogP contribution is -2.40. The van der Waals surface area contributed by atoms with E-state index in [-0.39, 0.29) is 11.9 Å². The molecule has 3 fully saturated rings. The number of carbonyl (C=O) groups is 1. The Labute approximate surface area is 138 Å². The van der Waals surface area contributed by atoms with Crippen LogP contribution in [0.4, 0.5) is 5.82 Å². The minimum Gasteiger partial charge on any atom is -0.357 e. The molecule has 1 N–H and O–H groups in total. The molecule has 1 aromatic rings. The van der Waals surface area contributed by atoms with Crippen LogP contribution in [0, 0.1) is 17.8 Å². The quantitative estimate of drug-likeness (QED) is 0.928. The number of nitrogens with one attached hydrogen (secondary N) is 1. The molecule has 2 heterocycles. The zero-order valence-electron chi connectivity index (χ0n) is 14.0. The standard InChI is InChI=1S/C19H27N3O/c1-13(17-11-14-4-5-15(17)10-14)21-19(23)16-6-7-20-18(12-16)22-8-2-3-9-22/h6-7,12-15,17H,2-5,8-11H2,1H3,(H,21,23). The summed E-state index contributed by atoms with van der Waals surface area (Å²) in [6, 6.07) is 4.07. The van der Waals surface area contributed by atoms with E-state index < -0.39 is 0 Å². The molecule has 0 aromatic carbocycles. The summed E-state index contributed by atoms with van der Waals surface area (Å²) in [5.41, 5.74) is 0.747. The van der Waals surface area contributed by atoms with Gasteiger partial charge < -0.3 is 10.2 Å². The number of nitrogens with zero attached hydrogens (tertiary/aromatic N) is 2. The predicted molar refractivity (Wildman–Crippen MR) is 91.6 cm³/mol. The zero-order valence-corrected chi connectivity index (χ0v) is 14.0. The Balaban J connectivity index is 1.41. The van der Waals surface area contributed by atoms with Gasteiger partial charge in [-0.15, -0.1) is 0 Å². The summed E-state index contributed by atoms with van der Waals surface area (Å²) >= 11 is 0. The fraction of sp³-hybridized carbons (Fsp3) is 0.684. The van der Waals surface area contributed by atoms with E-state index in [9.17, 15) is 4.79 Å². The van der Waals surface area contributed by atoms with E-state index in [4.69, 9.17) is 0 Å². The van der Waals surface area contributed by atoms with Crippen LogP contribution in [0.5, 0.6) is 0 Å². The first-order valence-corrected chi connectivity index (χ1v) is 9.22. The molecule has 1 aromatic heterocycles. The van der Waals surface area contributed by atoms with Gasteiger partial charge in [0.2, 0.25) is 0 Å². The lowest BCUT2D eigenvalue weighted by atomic mass is 9.84. The smallest absolute Gasteiger partial charge is 0.251 e. The number of carbonyl (C=O) groups excluding carboxylic acids is 1. The third-order valence-electron chi connectivity index (χ3n) is 6.23. The Morgan fingerprint density at radius 3 is 2.83 bits per heavy atom. The van der Waals surface area contributed by atoms with Crippen LogP contribution < -0.4 is 10.2 Å². The monoisotopic (exact) mass is 313 g/mol. The summed E-state index contributed by atoms with van der Waals surface area (Å²) in [4.78, 5) is 19.3. The van der Waals surface area contributed by atoms with Crippen LogP contribution >= 0.6 is 0 Å². The minimum atomic E-state index is 0.0584. The maximum absolute atomic E-state index is 12.6. The first-order valence-electron chi connectivity index (χ1n) is 9.22. The van der Waals surface area contributed by atoms with Crippen LogP contribution in [-0.4, -0.2) is 30.0 Å². The number of amides is 1. The summed E-state index contributed by atoms with van der Waals surface area (Å²) in [5, 5.41) is 3.26. The molecule has 4 heteroatoms. The summed E-state index contributed by atoms with van der Waals surface area (Å²) in [5.74, 6) is 3.45. The van der Waals surface area contributed by atoms with Crippen molar-refractivity contribution in [3.05, 3.63) is 23.9 Å². The first-order chi connectivity index (χ1) is 11.2. The maximum Gasteiger partial charge on any atom is 0.251 e. The van der Waals surface area contributed by atoms with Crippen molar-refractivity contribution < 1.29 is 4.79 Å². The molecule has 4 rings (SSSR count). The van der Waals surface area contributed by atoms with Crippen LogP contribution in [0.2, 0.25) is 0 Å². The molecular formula is C19H27N3O. The van der Waals surface area contributed by atoms with Gasteiger partial charge in [-0.3, -0.25) is 4.79 Å². The Morgan fingerprint density at radius 2 is 2.13 bits per heavy atom. The van der Waals surface area contributed by atoms with Crippen molar-refractivity contribution in [2.75, 3.05) is 18.0 Å². The van der Waals surface area contributed by atoms with Gasteiger partial charge in [0.1, 0.15) is 5.82 Å². The van der Waals surface area contributed by atoms with Gasteiger partial charge in [0.25, 0.3) is 5.91 Å². The van der Waals surface area contributed by atoms with Crippen molar-refractivity contribution in [1.29, 1.82) is 0 Å². The summed E-state index contributed by atoms with van der Waals surface area (Å²) < 4.78 is 0. The zero-order chi connectivity index (χ0) is 15.8. The Morgan fingerprint density at radius 1 is 1.30 bits per heavy atom. The van der Waals surface area contributed by atoms with Crippen LogP contribution in [0.25, 0.3) is 0 Å².